The molecule has 3 nitrogen and oxygen atoms in total. The molecule has 0 aromatic heterocycles. The molecule has 2 atom stereocenters. The molecule has 20 heavy (non-hydrogen) atoms. The van der Waals surface area contributed by atoms with E-state index in [2.05, 4.69) is 41.2 Å². The summed E-state index contributed by atoms with van der Waals surface area (Å²) >= 11 is 3.50. The van der Waals surface area contributed by atoms with Crippen molar-refractivity contribution in [3.63, 3.8) is 0 Å². The summed E-state index contributed by atoms with van der Waals surface area (Å²) in [6, 6.07) is 6.07. The van der Waals surface area contributed by atoms with E-state index in [1.165, 1.54) is 12.0 Å². The van der Waals surface area contributed by atoms with Crippen molar-refractivity contribution in [3.05, 3.63) is 28.2 Å². The maximum atomic E-state index is 5.99. The van der Waals surface area contributed by atoms with Crippen LogP contribution >= 0.6 is 15.9 Å². The van der Waals surface area contributed by atoms with Gasteiger partial charge in [0.1, 0.15) is 12.4 Å². The molecule has 1 fully saturated rings. The molecule has 1 aromatic rings. The summed E-state index contributed by atoms with van der Waals surface area (Å²) in [5.41, 5.74) is 1.19. The van der Waals surface area contributed by atoms with Crippen LogP contribution in [0.4, 0.5) is 0 Å². The Labute approximate surface area is 130 Å². The lowest BCUT2D eigenvalue weighted by atomic mass is 10.2. The molecule has 1 heterocycles. The highest BCUT2D eigenvalue weighted by atomic mass is 79.9. The van der Waals surface area contributed by atoms with E-state index >= 15 is 0 Å². The minimum Gasteiger partial charge on any atom is -0.491 e. The molecule has 112 valence electrons. The molecule has 2 unspecified atom stereocenters. The fraction of sp³-hybridized carbons (Fsp3) is 0.625. The third-order valence-corrected chi connectivity index (χ3v) is 4.45. The second kappa shape index (κ2) is 8.01. The second-order valence-corrected chi connectivity index (χ2v) is 6.24. The van der Waals surface area contributed by atoms with Crippen LogP contribution in [0, 0.1) is 6.92 Å². The van der Waals surface area contributed by atoms with E-state index in [0.29, 0.717) is 12.7 Å². The standard InChI is InChI=1S/C16H24BrNO2/c1-3-8-18-10-14-4-5-15(20-14)11-19-13-6-7-16(17)12(2)9-13/h6-7,9,14-15,18H,3-5,8,10-11H2,1-2H3. The topological polar surface area (TPSA) is 30.5 Å². The normalized spacial score (nSPS) is 22.1. The van der Waals surface area contributed by atoms with Crippen LogP contribution in [0.25, 0.3) is 0 Å². The minimum atomic E-state index is 0.229. The highest BCUT2D eigenvalue weighted by molar-refractivity contribution is 9.10. The van der Waals surface area contributed by atoms with Crippen LogP contribution < -0.4 is 10.1 Å². The lowest BCUT2D eigenvalue weighted by molar-refractivity contribution is 0.0186. The second-order valence-electron chi connectivity index (χ2n) is 5.38. The molecule has 0 amide bonds. The summed E-state index contributed by atoms with van der Waals surface area (Å²) in [7, 11) is 0. The Morgan fingerprint density at radius 1 is 1.35 bits per heavy atom. The van der Waals surface area contributed by atoms with E-state index in [1.807, 2.05) is 12.1 Å². The number of rotatable bonds is 7. The van der Waals surface area contributed by atoms with Crippen LogP contribution in [-0.4, -0.2) is 31.9 Å². The zero-order valence-electron chi connectivity index (χ0n) is 12.3. The van der Waals surface area contributed by atoms with Crippen molar-refractivity contribution in [1.29, 1.82) is 0 Å². The van der Waals surface area contributed by atoms with Crippen molar-refractivity contribution in [3.8, 4) is 5.75 Å². The molecular formula is C16H24BrNO2. The van der Waals surface area contributed by atoms with Gasteiger partial charge in [0.15, 0.2) is 0 Å². The number of nitrogens with one attached hydrogen (secondary N) is 1. The van der Waals surface area contributed by atoms with Gasteiger partial charge in [-0.1, -0.05) is 22.9 Å². The first kappa shape index (κ1) is 15.8. The molecule has 2 rings (SSSR count). The van der Waals surface area contributed by atoms with Gasteiger partial charge < -0.3 is 14.8 Å². The molecule has 1 saturated heterocycles. The van der Waals surface area contributed by atoms with Crippen molar-refractivity contribution in [2.24, 2.45) is 0 Å². The van der Waals surface area contributed by atoms with Crippen LogP contribution in [0.15, 0.2) is 22.7 Å². The molecule has 0 spiro atoms. The lowest BCUT2D eigenvalue weighted by Crippen LogP contribution is -2.28. The molecule has 0 saturated carbocycles. The average molecular weight is 342 g/mol. The molecule has 1 aliphatic heterocycles. The maximum Gasteiger partial charge on any atom is 0.119 e. The van der Waals surface area contributed by atoms with Crippen LogP contribution in [0.3, 0.4) is 0 Å². The molecule has 1 aromatic carbocycles. The first-order chi connectivity index (χ1) is 9.69. The first-order valence-corrected chi connectivity index (χ1v) is 8.23. The third kappa shape index (κ3) is 4.76. The van der Waals surface area contributed by atoms with Crippen LogP contribution in [0.1, 0.15) is 31.7 Å². The summed E-state index contributed by atoms with van der Waals surface area (Å²) in [6.07, 6.45) is 3.97. The Hall–Kier alpha value is -0.580. The van der Waals surface area contributed by atoms with Crippen LogP contribution in [0.2, 0.25) is 0 Å². The Kier molecular flexibility index (Phi) is 6.33. The van der Waals surface area contributed by atoms with E-state index in [4.69, 9.17) is 9.47 Å². The molecule has 1 N–H and O–H groups in total. The highest BCUT2D eigenvalue weighted by Gasteiger charge is 2.25. The van der Waals surface area contributed by atoms with Crippen molar-refractivity contribution >= 4 is 15.9 Å². The van der Waals surface area contributed by atoms with Gasteiger partial charge in [0.05, 0.1) is 12.2 Å². The number of aryl methyl sites for hydroxylation is 1. The minimum absolute atomic E-state index is 0.229. The Bertz CT molecular complexity index is 425. The molecular weight excluding hydrogens is 318 g/mol. The van der Waals surface area contributed by atoms with E-state index in [-0.39, 0.29) is 6.10 Å². The summed E-state index contributed by atoms with van der Waals surface area (Å²) < 4.78 is 12.9. The number of halogens is 1. The van der Waals surface area contributed by atoms with Gasteiger partial charge in [-0.05, 0) is 56.5 Å². The van der Waals surface area contributed by atoms with Crippen LogP contribution in [-0.2, 0) is 4.74 Å². The smallest absolute Gasteiger partial charge is 0.119 e. The quantitative estimate of drug-likeness (QED) is 0.767. The Morgan fingerprint density at radius 2 is 2.15 bits per heavy atom. The molecule has 0 aliphatic carbocycles. The lowest BCUT2D eigenvalue weighted by Gasteiger charge is -2.15. The first-order valence-electron chi connectivity index (χ1n) is 7.44. The fourth-order valence-corrected chi connectivity index (χ4v) is 2.64. The Balaban J connectivity index is 1.71. The summed E-state index contributed by atoms with van der Waals surface area (Å²) in [6.45, 7) is 6.92. The van der Waals surface area contributed by atoms with Crippen molar-refractivity contribution in [2.75, 3.05) is 19.7 Å². The number of ether oxygens (including phenoxy) is 2. The van der Waals surface area contributed by atoms with Gasteiger partial charge in [-0.3, -0.25) is 0 Å². The van der Waals surface area contributed by atoms with E-state index < -0.39 is 0 Å². The van der Waals surface area contributed by atoms with Crippen LogP contribution in [0.5, 0.6) is 5.75 Å². The maximum absolute atomic E-state index is 5.99. The predicted molar refractivity (Wildman–Crippen MR) is 85.4 cm³/mol. The number of benzene rings is 1. The summed E-state index contributed by atoms with van der Waals surface area (Å²) in [5, 5.41) is 3.41. The van der Waals surface area contributed by atoms with Gasteiger partial charge in [0.25, 0.3) is 0 Å². The van der Waals surface area contributed by atoms with Gasteiger partial charge in [0.2, 0.25) is 0 Å². The van der Waals surface area contributed by atoms with E-state index in [0.717, 1.165) is 36.2 Å². The van der Waals surface area contributed by atoms with Gasteiger partial charge in [-0.2, -0.15) is 0 Å². The Morgan fingerprint density at radius 3 is 2.90 bits per heavy atom. The average Bonchev–Trinajstić information content (AvgIpc) is 2.88. The zero-order chi connectivity index (χ0) is 14.4. The molecule has 4 heteroatoms. The van der Waals surface area contributed by atoms with Gasteiger partial charge >= 0.3 is 0 Å². The molecule has 0 radical (unpaired) electrons. The fourth-order valence-electron chi connectivity index (χ4n) is 2.39. The van der Waals surface area contributed by atoms with Crippen molar-refractivity contribution in [1.82, 2.24) is 5.32 Å². The van der Waals surface area contributed by atoms with Crippen molar-refractivity contribution in [2.45, 2.75) is 45.3 Å². The van der Waals surface area contributed by atoms with Gasteiger partial charge in [-0.25, -0.2) is 0 Å². The molecule has 1 aliphatic rings. The SMILES string of the molecule is CCCNCC1CCC(COc2ccc(Br)c(C)c2)O1. The summed E-state index contributed by atoms with van der Waals surface area (Å²) in [4.78, 5) is 0. The third-order valence-electron chi connectivity index (χ3n) is 3.56. The van der Waals surface area contributed by atoms with E-state index in [1.54, 1.807) is 0 Å². The predicted octanol–water partition coefficient (Wildman–Crippen LogP) is 3.68. The number of hydrogen-bond acceptors (Lipinski definition) is 3. The monoisotopic (exact) mass is 341 g/mol. The highest BCUT2D eigenvalue weighted by Crippen LogP contribution is 2.24. The largest absolute Gasteiger partial charge is 0.491 e. The molecule has 0 bridgehead atoms. The van der Waals surface area contributed by atoms with Crippen molar-refractivity contribution < 1.29 is 9.47 Å². The van der Waals surface area contributed by atoms with Gasteiger partial charge in [-0.15, -0.1) is 0 Å². The number of hydrogen-bond donors (Lipinski definition) is 1. The zero-order valence-corrected chi connectivity index (χ0v) is 13.9. The van der Waals surface area contributed by atoms with E-state index in [9.17, 15) is 0 Å². The summed E-state index contributed by atoms with van der Waals surface area (Å²) in [5.74, 6) is 0.918. The van der Waals surface area contributed by atoms with Gasteiger partial charge in [0, 0.05) is 11.0 Å².